The Kier molecular flexibility index (Phi) is 4.03. The van der Waals surface area contributed by atoms with Gasteiger partial charge in [-0.25, -0.2) is 9.66 Å². The molecule has 1 aromatic heterocycles. The number of rotatable bonds is 3. The lowest BCUT2D eigenvalue weighted by Crippen LogP contribution is -2.19. The van der Waals surface area contributed by atoms with Gasteiger partial charge in [0.15, 0.2) is 11.5 Å². The number of aromatic nitrogens is 2. The van der Waals surface area contributed by atoms with Gasteiger partial charge in [-0.15, -0.1) is 0 Å². The fourth-order valence-electron chi connectivity index (χ4n) is 2.60. The van der Waals surface area contributed by atoms with E-state index in [0.29, 0.717) is 29.7 Å². The highest BCUT2D eigenvalue weighted by atomic mass is 35.5. The molecule has 0 atom stereocenters. The fourth-order valence-corrected chi connectivity index (χ4v) is 2.88. The number of para-hydroxylation sites is 2. The smallest absolute Gasteiger partial charge is 0.262 e. The minimum atomic E-state index is -0.283. The van der Waals surface area contributed by atoms with E-state index in [4.69, 9.17) is 21.1 Å². The molecule has 0 aliphatic carbocycles. The first-order valence-electron chi connectivity index (χ1n) is 7.71. The summed E-state index contributed by atoms with van der Waals surface area (Å²) in [7, 11) is 0. The molecule has 0 unspecified atom stereocenters. The van der Waals surface area contributed by atoms with E-state index in [1.807, 2.05) is 24.3 Å². The number of amides is 1. The van der Waals surface area contributed by atoms with E-state index in [9.17, 15) is 4.79 Å². The molecule has 1 aliphatic heterocycles. The quantitative estimate of drug-likeness (QED) is 0.732. The third-order valence-corrected chi connectivity index (χ3v) is 4.01. The van der Waals surface area contributed by atoms with Crippen LogP contribution in [0.4, 0.5) is 0 Å². The first kappa shape index (κ1) is 15.5. The molecule has 0 radical (unpaired) electrons. The highest BCUT2D eigenvalue weighted by Gasteiger charge is 2.16. The predicted octanol–water partition coefficient (Wildman–Crippen LogP) is 3.24. The number of hydrogen-bond donors (Lipinski definition) is 1. The van der Waals surface area contributed by atoms with E-state index in [1.165, 1.54) is 6.08 Å². The monoisotopic (exact) mass is 355 g/mol. The predicted molar refractivity (Wildman–Crippen MR) is 95.6 cm³/mol. The van der Waals surface area contributed by atoms with Gasteiger partial charge < -0.3 is 9.47 Å². The van der Waals surface area contributed by atoms with Crippen LogP contribution in [0, 0.1) is 0 Å². The van der Waals surface area contributed by atoms with Crippen LogP contribution in [0.1, 0.15) is 5.56 Å². The van der Waals surface area contributed by atoms with E-state index in [0.717, 1.165) is 16.6 Å². The van der Waals surface area contributed by atoms with E-state index in [1.54, 1.807) is 29.2 Å². The minimum Gasteiger partial charge on any atom is -0.486 e. The molecule has 2 aromatic carbocycles. The summed E-state index contributed by atoms with van der Waals surface area (Å²) in [5.74, 6) is 0.841. The molecule has 1 aliphatic rings. The maximum Gasteiger partial charge on any atom is 0.262 e. The maximum atomic E-state index is 12.2. The zero-order chi connectivity index (χ0) is 17.2. The molecule has 1 N–H and O–H groups in total. The number of ether oxygens (including phenoxy) is 2. The van der Waals surface area contributed by atoms with Crippen LogP contribution in [-0.2, 0) is 4.79 Å². The first-order chi connectivity index (χ1) is 12.2. The molecule has 6 nitrogen and oxygen atoms in total. The van der Waals surface area contributed by atoms with Crippen molar-refractivity contribution in [1.29, 1.82) is 0 Å². The molecule has 25 heavy (non-hydrogen) atoms. The summed E-state index contributed by atoms with van der Waals surface area (Å²) < 4.78 is 12.6. The number of carbonyl (C=O) groups excluding carboxylic acids is 1. The molecule has 0 saturated carbocycles. The second-order valence-corrected chi connectivity index (χ2v) is 5.85. The molecule has 2 heterocycles. The van der Waals surface area contributed by atoms with Crippen molar-refractivity contribution in [3.63, 3.8) is 0 Å². The Morgan fingerprint density at radius 1 is 1.24 bits per heavy atom. The second-order valence-electron chi connectivity index (χ2n) is 5.44. The fraction of sp³-hybridized carbons (Fsp3) is 0.111. The average Bonchev–Trinajstić information content (AvgIpc) is 3.03. The largest absolute Gasteiger partial charge is 0.486 e. The molecule has 0 bridgehead atoms. The number of hydrogen-bond acceptors (Lipinski definition) is 4. The zero-order valence-corrected chi connectivity index (χ0v) is 13.9. The van der Waals surface area contributed by atoms with E-state index in [-0.39, 0.29) is 5.91 Å². The van der Waals surface area contributed by atoms with Gasteiger partial charge in [-0.3, -0.25) is 10.2 Å². The number of imidazole rings is 1. The summed E-state index contributed by atoms with van der Waals surface area (Å²) in [5.41, 5.74) is 5.14. The van der Waals surface area contributed by atoms with Crippen molar-refractivity contribution in [3.8, 4) is 11.5 Å². The average molecular weight is 356 g/mol. The van der Waals surface area contributed by atoms with Crippen LogP contribution in [0.5, 0.6) is 11.5 Å². The van der Waals surface area contributed by atoms with Gasteiger partial charge in [0.1, 0.15) is 19.5 Å². The van der Waals surface area contributed by atoms with Gasteiger partial charge in [-0.05, 0) is 35.9 Å². The van der Waals surface area contributed by atoms with Gasteiger partial charge >= 0.3 is 0 Å². The van der Waals surface area contributed by atoms with Gasteiger partial charge in [0.05, 0.1) is 16.1 Å². The topological polar surface area (TPSA) is 65.4 Å². The Morgan fingerprint density at radius 3 is 3.00 bits per heavy atom. The molecular formula is C18H14ClN3O3. The lowest BCUT2D eigenvalue weighted by Gasteiger charge is -2.19. The number of benzene rings is 2. The normalized spacial score (nSPS) is 13.3. The standard InChI is InChI=1S/C18H14ClN3O3/c19-13-9-12(10-16-18(13)25-8-7-24-16)5-6-17(23)21-22-11-20-14-3-1-2-4-15(14)22/h1-6,9-11H,7-8H2,(H,21,23). The van der Waals surface area contributed by atoms with E-state index < -0.39 is 0 Å². The zero-order valence-electron chi connectivity index (χ0n) is 13.1. The molecule has 0 spiro atoms. The van der Waals surface area contributed by atoms with Crippen LogP contribution in [0.2, 0.25) is 5.02 Å². The van der Waals surface area contributed by atoms with Crippen LogP contribution < -0.4 is 14.9 Å². The Labute approximate surface area is 148 Å². The Morgan fingerprint density at radius 2 is 2.08 bits per heavy atom. The summed E-state index contributed by atoms with van der Waals surface area (Å²) in [5, 5.41) is 0.456. The van der Waals surface area contributed by atoms with Gasteiger partial charge in [-0.1, -0.05) is 23.7 Å². The van der Waals surface area contributed by atoms with Gasteiger partial charge in [0, 0.05) is 6.08 Å². The minimum absolute atomic E-state index is 0.283. The third kappa shape index (κ3) is 3.16. The lowest BCUT2D eigenvalue weighted by atomic mass is 10.1. The lowest BCUT2D eigenvalue weighted by molar-refractivity contribution is -0.112. The highest BCUT2D eigenvalue weighted by Crippen LogP contribution is 2.38. The molecule has 1 amide bonds. The third-order valence-electron chi connectivity index (χ3n) is 3.73. The summed E-state index contributed by atoms with van der Waals surface area (Å²) in [6.07, 6.45) is 4.66. The molecule has 126 valence electrons. The van der Waals surface area contributed by atoms with Crippen LogP contribution in [0.25, 0.3) is 17.1 Å². The molecule has 0 saturated heterocycles. The van der Waals surface area contributed by atoms with Crippen molar-refractivity contribution in [1.82, 2.24) is 9.66 Å². The van der Waals surface area contributed by atoms with Gasteiger partial charge in [0.25, 0.3) is 5.91 Å². The number of fused-ring (bicyclic) bond motifs is 2. The van der Waals surface area contributed by atoms with Crippen molar-refractivity contribution in [2.75, 3.05) is 18.6 Å². The van der Waals surface area contributed by atoms with Gasteiger partial charge in [0.2, 0.25) is 0 Å². The Balaban J connectivity index is 1.52. The van der Waals surface area contributed by atoms with Crippen LogP contribution in [0.15, 0.2) is 48.8 Å². The maximum absolute atomic E-state index is 12.2. The SMILES string of the molecule is O=C(C=Cc1cc(Cl)c2c(c1)OCCO2)Nn1cnc2ccccc21. The number of nitrogens with one attached hydrogen (secondary N) is 1. The molecular weight excluding hydrogens is 342 g/mol. The first-order valence-corrected chi connectivity index (χ1v) is 8.09. The van der Waals surface area contributed by atoms with Crippen LogP contribution >= 0.6 is 11.6 Å². The Bertz CT molecular complexity index is 981. The van der Waals surface area contributed by atoms with Crippen molar-refractivity contribution in [3.05, 3.63) is 59.4 Å². The molecule has 4 rings (SSSR count). The van der Waals surface area contributed by atoms with Crippen LogP contribution in [-0.4, -0.2) is 28.8 Å². The number of carbonyl (C=O) groups is 1. The van der Waals surface area contributed by atoms with Gasteiger partial charge in [-0.2, -0.15) is 0 Å². The van der Waals surface area contributed by atoms with Crippen molar-refractivity contribution in [2.45, 2.75) is 0 Å². The molecule has 7 heteroatoms. The highest BCUT2D eigenvalue weighted by molar-refractivity contribution is 6.32. The van der Waals surface area contributed by atoms with Crippen molar-refractivity contribution < 1.29 is 14.3 Å². The summed E-state index contributed by atoms with van der Waals surface area (Å²) in [6.45, 7) is 0.952. The Hall–Kier alpha value is -2.99. The van der Waals surface area contributed by atoms with Crippen LogP contribution in [0.3, 0.4) is 0 Å². The second kappa shape index (κ2) is 6.49. The molecule has 0 fully saturated rings. The van der Waals surface area contributed by atoms with Crippen molar-refractivity contribution >= 4 is 34.6 Å². The van der Waals surface area contributed by atoms with Crippen molar-refractivity contribution in [2.24, 2.45) is 0 Å². The summed E-state index contributed by atoms with van der Waals surface area (Å²) in [4.78, 5) is 16.4. The van der Waals surface area contributed by atoms with E-state index in [2.05, 4.69) is 10.4 Å². The summed E-state index contributed by atoms with van der Waals surface area (Å²) >= 11 is 6.19. The van der Waals surface area contributed by atoms with E-state index >= 15 is 0 Å². The molecule has 3 aromatic rings. The number of halogens is 1. The summed E-state index contributed by atoms with van der Waals surface area (Å²) in [6, 6.07) is 11.1. The number of nitrogens with zero attached hydrogens (tertiary/aromatic N) is 2.